The number of ether oxygens (including phenoxy) is 1. The van der Waals surface area contributed by atoms with Gasteiger partial charge in [-0.1, -0.05) is 0 Å². The molecule has 2 unspecified atom stereocenters. The smallest absolute Gasteiger partial charge is 0.220 e. The first-order valence-electron chi connectivity index (χ1n) is 6.29. The van der Waals surface area contributed by atoms with Gasteiger partial charge in [0.05, 0.1) is 6.61 Å². The van der Waals surface area contributed by atoms with E-state index >= 15 is 0 Å². The fourth-order valence-electron chi connectivity index (χ4n) is 2.97. The van der Waals surface area contributed by atoms with E-state index in [1.54, 1.807) is 7.11 Å². The third kappa shape index (κ3) is 4.45. The second kappa shape index (κ2) is 7.19. The molecule has 1 amide bonds. The Bertz CT molecular complexity index is 239. The van der Waals surface area contributed by atoms with Crippen LogP contribution in [-0.4, -0.2) is 38.3 Å². The van der Waals surface area contributed by atoms with Gasteiger partial charge in [0, 0.05) is 32.2 Å². The van der Waals surface area contributed by atoms with Crippen molar-refractivity contribution in [3.05, 3.63) is 0 Å². The normalized spacial score (nSPS) is 30.8. The molecule has 2 fully saturated rings. The van der Waals surface area contributed by atoms with Gasteiger partial charge in [-0.3, -0.25) is 4.79 Å². The summed E-state index contributed by atoms with van der Waals surface area (Å²) in [6.45, 7) is 1.23. The highest BCUT2D eigenvalue weighted by atomic mass is 35.5. The molecular formula is C12H23ClN2O2. The van der Waals surface area contributed by atoms with E-state index in [1.807, 2.05) is 0 Å². The maximum absolute atomic E-state index is 11.6. The minimum Gasteiger partial charge on any atom is -0.383 e. The molecule has 2 aliphatic rings. The molecule has 0 saturated carbocycles. The highest BCUT2D eigenvalue weighted by molar-refractivity contribution is 5.85. The Morgan fingerprint density at radius 3 is 2.59 bits per heavy atom. The van der Waals surface area contributed by atoms with E-state index in [1.165, 1.54) is 25.7 Å². The summed E-state index contributed by atoms with van der Waals surface area (Å²) >= 11 is 0. The van der Waals surface area contributed by atoms with Crippen LogP contribution in [0, 0.1) is 5.92 Å². The molecule has 2 heterocycles. The molecular weight excluding hydrogens is 240 g/mol. The van der Waals surface area contributed by atoms with Gasteiger partial charge < -0.3 is 15.4 Å². The van der Waals surface area contributed by atoms with Crippen molar-refractivity contribution in [3.63, 3.8) is 0 Å². The number of hydrogen-bond acceptors (Lipinski definition) is 3. The second-order valence-corrected chi connectivity index (χ2v) is 5.02. The Balaban J connectivity index is 0.00000144. The number of halogens is 1. The fraction of sp³-hybridized carbons (Fsp3) is 0.917. The minimum atomic E-state index is 0. The number of rotatable bonds is 5. The minimum absolute atomic E-state index is 0. The molecule has 0 aromatic carbocycles. The third-order valence-corrected chi connectivity index (χ3v) is 3.67. The van der Waals surface area contributed by atoms with E-state index in [9.17, 15) is 4.79 Å². The predicted octanol–water partition coefficient (Wildman–Crippen LogP) is 1.09. The monoisotopic (exact) mass is 262 g/mol. The van der Waals surface area contributed by atoms with Gasteiger partial charge in [0.1, 0.15) is 0 Å². The first-order valence-corrected chi connectivity index (χ1v) is 6.29. The second-order valence-electron chi connectivity index (χ2n) is 5.02. The first-order chi connectivity index (χ1) is 7.78. The summed E-state index contributed by atoms with van der Waals surface area (Å²) in [7, 11) is 1.65. The number of carbonyl (C=O) groups is 1. The van der Waals surface area contributed by atoms with E-state index in [-0.39, 0.29) is 18.3 Å². The van der Waals surface area contributed by atoms with Gasteiger partial charge in [-0.2, -0.15) is 0 Å². The lowest BCUT2D eigenvalue weighted by atomic mass is 9.89. The molecule has 2 saturated heterocycles. The van der Waals surface area contributed by atoms with Crippen LogP contribution in [-0.2, 0) is 9.53 Å². The van der Waals surface area contributed by atoms with Crippen molar-refractivity contribution in [3.8, 4) is 0 Å². The van der Waals surface area contributed by atoms with Crippen molar-refractivity contribution in [2.24, 2.45) is 5.92 Å². The van der Waals surface area contributed by atoms with Crippen molar-refractivity contribution in [1.82, 2.24) is 10.6 Å². The van der Waals surface area contributed by atoms with Crippen LogP contribution in [0.15, 0.2) is 0 Å². The molecule has 2 aliphatic heterocycles. The predicted molar refractivity (Wildman–Crippen MR) is 69.4 cm³/mol. The first kappa shape index (κ1) is 14.7. The molecule has 0 aliphatic carbocycles. The zero-order valence-corrected chi connectivity index (χ0v) is 11.2. The summed E-state index contributed by atoms with van der Waals surface area (Å²) in [6.07, 6.45) is 5.64. The van der Waals surface area contributed by atoms with Gasteiger partial charge >= 0.3 is 0 Å². The quantitative estimate of drug-likeness (QED) is 0.730. The summed E-state index contributed by atoms with van der Waals surface area (Å²) in [5.41, 5.74) is 0. The number of nitrogens with one attached hydrogen (secondary N) is 2. The molecule has 5 heteroatoms. The van der Waals surface area contributed by atoms with Crippen LogP contribution < -0.4 is 10.6 Å². The number of piperidine rings is 1. The van der Waals surface area contributed by atoms with Gasteiger partial charge in [-0.15, -0.1) is 12.4 Å². The van der Waals surface area contributed by atoms with Gasteiger partial charge in [0.25, 0.3) is 0 Å². The fourth-order valence-corrected chi connectivity index (χ4v) is 2.97. The Morgan fingerprint density at radius 2 is 2.00 bits per heavy atom. The largest absolute Gasteiger partial charge is 0.383 e. The van der Waals surface area contributed by atoms with Crippen molar-refractivity contribution in [1.29, 1.82) is 0 Å². The van der Waals surface area contributed by atoms with Crippen molar-refractivity contribution < 1.29 is 9.53 Å². The highest BCUT2D eigenvalue weighted by Gasteiger charge is 2.33. The number of fused-ring (bicyclic) bond motifs is 2. The summed E-state index contributed by atoms with van der Waals surface area (Å²) in [5.74, 6) is 0.768. The van der Waals surface area contributed by atoms with Crippen molar-refractivity contribution >= 4 is 18.3 Å². The molecule has 100 valence electrons. The summed E-state index contributed by atoms with van der Waals surface area (Å²) in [5, 5.41) is 6.49. The Labute approximate surface area is 109 Å². The SMILES string of the molecule is COCCNC(=O)CC1CC2CCC(C1)N2.Cl. The lowest BCUT2D eigenvalue weighted by molar-refractivity contribution is -0.122. The Morgan fingerprint density at radius 1 is 1.35 bits per heavy atom. The average Bonchev–Trinajstić information content (AvgIpc) is 2.58. The Hall–Kier alpha value is -0.320. The van der Waals surface area contributed by atoms with Crippen LogP contribution in [0.1, 0.15) is 32.1 Å². The van der Waals surface area contributed by atoms with Gasteiger partial charge in [0.2, 0.25) is 5.91 Å². The number of carbonyl (C=O) groups excluding carboxylic acids is 1. The van der Waals surface area contributed by atoms with Crippen LogP contribution >= 0.6 is 12.4 Å². The number of hydrogen-bond donors (Lipinski definition) is 2. The zero-order valence-electron chi connectivity index (χ0n) is 10.4. The van der Waals surface area contributed by atoms with E-state index in [0.29, 0.717) is 37.6 Å². The van der Waals surface area contributed by atoms with Gasteiger partial charge in [-0.05, 0) is 31.6 Å². The molecule has 2 rings (SSSR count). The van der Waals surface area contributed by atoms with Crippen LogP contribution in [0.4, 0.5) is 0 Å². The Kier molecular flexibility index (Phi) is 6.23. The summed E-state index contributed by atoms with van der Waals surface area (Å²) in [6, 6.07) is 1.35. The topological polar surface area (TPSA) is 50.4 Å². The maximum Gasteiger partial charge on any atom is 0.220 e. The summed E-state index contributed by atoms with van der Waals surface area (Å²) in [4.78, 5) is 11.6. The maximum atomic E-state index is 11.6. The molecule has 2 atom stereocenters. The van der Waals surface area contributed by atoms with E-state index < -0.39 is 0 Å². The van der Waals surface area contributed by atoms with Crippen LogP contribution in [0.2, 0.25) is 0 Å². The van der Waals surface area contributed by atoms with Crippen LogP contribution in [0.3, 0.4) is 0 Å². The molecule has 0 aromatic heterocycles. The molecule has 0 radical (unpaired) electrons. The molecule has 0 spiro atoms. The average molecular weight is 263 g/mol. The lowest BCUT2D eigenvalue weighted by Gasteiger charge is -2.28. The summed E-state index contributed by atoms with van der Waals surface area (Å²) < 4.78 is 4.90. The third-order valence-electron chi connectivity index (χ3n) is 3.67. The van der Waals surface area contributed by atoms with Crippen molar-refractivity contribution in [2.75, 3.05) is 20.3 Å². The van der Waals surface area contributed by atoms with E-state index in [2.05, 4.69) is 10.6 Å². The molecule has 2 bridgehead atoms. The van der Waals surface area contributed by atoms with Crippen LogP contribution in [0.25, 0.3) is 0 Å². The lowest BCUT2D eigenvalue weighted by Crippen LogP contribution is -2.40. The highest BCUT2D eigenvalue weighted by Crippen LogP contribution is 2.32. The molecule has 17 heavy (non-hydrogen) atoms. The van der Waals surface area contributed by atoms with Crippen molar-refractivity contribution in [2.45, 2.75) is 44.2 Å². The van der Waals surface area contributed by atoms with E-state index in [4.69, 9.17) is 4.74 Å². The molecule has 4 nitrogen and oxygen atoms in total. The van der Waals surface area contributed by atoms with Crippen LogP contribution in [0.5, 0.6) is 0 Å². The van der Waals surface area contributed by atoms with Gasteiger partial charge in [0.15, 0.2) is 0 Å². The standard InChI is InChI=1S/C12H22N2O2.ClH/c1-16-5-4-13-12(15)8-9-6-10-2-3-11(7-9)14-10;/h9-11,14H,2-8H2,1H3,(H,13,15);1H. The number of methoxy groups -OCH3 is 1. The number of amides is 1. The molecule has 2 N–H and O–H groups in total. The molecule has 0 aromatic rings. The zero-order chi connectivity index (χ0) is 11.4. The van der Waals surface area contributed by atoms with Gasteiger partial charge in [-0.25, -0.2) is 0 Å². The van der Waals surface area contributed by atoms with E-state index in [0.717, 1.165) is 0 Å².